The summed E-state index contributed by atoms with van der Waals surface area (Å²) in [5.74, 6) is -0.423. The SMILES string of the molecule is Cc1cc(-c2ccc(N3CCN(C)CC3)cc2F)c(C#N)c(=O)[nH]1. The Labute approximate surface area is 139 Å². The van der Waals surface area contributed by atoms with Crippen molar-refractivity contribution in [2.75, 3.05) is 38.1 Å². The van der Waals surface area contributed by atoms with Crippen LogP contribution >= 0.6 is 0 Å². The molecule has 24 heavy (non-hydrogen) atoms. The van der Waals surface area contributed by atoms with E-state index in [1.165, 1.54) is 6.07 Å². The van der Waals surface area contributed by atoms with Gasteiger partial charge in [-0.15, -0.1) is 0 Å². The van der Waals surface area contributed by atoms with E-state index in [1.807, 2.05) is 12.1 Å². The molecule has 0 unspecified atom stereocenters. The van der Waals surface area contributed by atoms with Crippen molar-refractivity contribution in [2.24, 2.45) is 0 Å². The maximum atomic E-state index is 14.7. The number of nitriles is 1. The number of benzene rings is 1. The third-order valence-corrected chi connectivity index (χ3v) is 4.39. The lowest BCUT2D eigenvalue weighted by atomic mass is 10.00. The van der Waals surface area contributed by atoms with Gasteiger partial charge in [0.15, 0.2) is 0 Å². The molecule has 5 nitrogen and oxygen atoms in total. The van der Waals surface area contributed by atoms with Gasteiger partial charge in [-0.05, 0) is 38.2 Å². The summed E-state index contributed by atoms with van der Waals surface area (Å²) in [5.41, 5.74) is 1.47. The number of likely N-dealkylation sites (N-methyl/N-ethyl adjacent to an activating group) is 1. The Kier molecular flexibility index (Phi) is 4.36. The van der Waals surface area contributed by atoms with Crippen molar-refractivity contribution < 1.29 is 4.39 Å². The zero-order valence-corrected chi connectivity index (χ0v) is 13.8. The third-order valence-electron chi connectivity index (χ3n) is 4.39. The van der Waals surface area contributed by atoms with Gasteiger partial charge in [0.2, 0.25) is 0 Å². The van der Waals surface area contributed by atoms with Crippen LogP contribution in [0.3, 0.4) is 0 Å². The van der Waals surface area contributed by atoms with E-state index >= 15 is 0 Å². The number of hydrogen-bond acceptors (Lipinski definition) is 4. The number of pyridine rings is 1. The van der Waals surface area contributed by atoms with Gasteiger partial charge in [0.25, 0.3) is 5.56 Å². The van der Waals surface area contributed by atoms with E-state index in [9.17, 15) is 14.4 Å². The third kappa shape index (κ3) is 3.03. The van der Waals surface area contributed by atoms with Gasteiger partial charge in [0, 0.05) is 48.7 Å². The largest absolute Gasteiger partial charge is 0.369 e. The summed E-state index contributed by atoms with van der Waals surface area (Å²) >= 11 is 0. The minimum absolute atomic E-state index is 0.0631. The lowest BCUT2D eigenvalue weighted by molar-refractivity contribution is 0.313. The molecular weight excluding hydrogens is 307 g/mol. The van der Waals surface area contributed by atoms with Gasteiger partial charge in [-0.25, -0.2) is 4.39 Å². The zero-order valence-electron chi connectivity index (χ0n) is 13.8. The molecule has 1 aliphatic heterocycles. The maximum absolute atomic E-state index is 14.7. The van der Waals surface area contributed by atoms with Gasteiger partial charge in [-0.3, -0.25) is 4.79 Å². The number of aromatic amines is 1. The number of anilines is 1. The number of hydrogen-bond donors (Lipinski definition) is 1. The number of rotatable bonds is 2. The van der Waals surface area contributed by atoms with Gasteiger partial charge in [-0.1, -0.05) is 0 Å². The van der Waals surface area contributed by atoms with Crippen molar-refractivity contribution in [3.63, 3.8) is 0 Å². The predicted octanol–water partition coefficient (Wildman–Crippen LogP) is 2.11. The number of nitrogens with zero attached hydrogens (tertiary/aromatic N) is 3. The summed E-state index contributed by atoms with van der Waals surface area (Å²) in [5, 5.41) is 9.22. The molecule has 0 radical (unpaired) electrons. The first kappa shape index (κ1) is 16.2. The van der Waals surface area contributed by atoms with E-state index in [-0.39, 0.29) is 11.1 Å². The molecule has 0 spiro atoms. The van der Waals surface area contributed by atoms with Crippen molar-refractivity contribution in [3.8, 4) is 17.2 Å². The van der Waals surface area contributed by atoms with Gasteiger partial charge in [-0.2, -0.15) is 5.26 Å². The van der Waals surface area contributed by atoms with E-state index in [0.29, 0.717) is 11.3 Å². The molecule has 2 aromatic rings. The Hall–Kier alpha value is -2.65. The van der Waals surface area contributed by atoms with Crippen LogP contribution in [0.1, 0.15) is 11.3 Å². The van der Waals surface area contributed by atoms with Crippen LogP contribution in [0.5, 0.6) is 0 Å². The standard InChI is InChI=1S/C18H19FN4O/c1-12-9-15(16(11-20)18(24)21-12)14-4-3-13(10-17(14)19)23-7-5-22(2)6-8-23/h3-4,9-10H,5-8H2,1-2H3,(H,21,24). The molecule has 0 aliphatic carbocycles. The van der Waals surface area contributed by atoms with E-state index in [4.69, 9.17) is 0 Å². The van der Waals surface area contributed by atoms with Crippen molar-refractivity contribution in [1.82, 2.24) is 9.88 Å². The van der Waals surface area contributed by atoms with E-state index in [1.54, 1.807) is 19.1 Å². The van der Waals surface area contributed by atoms with Gasteiger partial charge in [0.05, 0.1) is 0 Å². The molecule has 1 fully saturated rings. The fraction of sp³-hybridized carbons (Fsp3) is 0.333. The van der Waals surface area contributed by atoms with Crippen LogP contribution in [0.4, 0.5) is 10.1 Å². The molecule has 1 N–H and O–H groups in total. The Morgan fingerprint density at radius 3 is 2.50 bits per heavy atom. The Bertz CT molecular complexity index is 860. The van der Waals surface area contributed by atoms with Crippen LogP contribution < -0.4 is 10.5 Å². The second-order valence-electron chi connectivity index (χ2n) is 6.14. The molecule has 124 valence electrons. The van der Waals surface area contributed by atoms with Crippen LogP contribution in [0, 0.1) is 24.1 Å². The van der Waals surface area contributed by atoms with Crippen molar-refractivity contribution in [2.45, 2.75) is 6.92 Å². The van der Waals surface area contributed by atoms with Crippen LogP contribution in [-0.2, 0) is 0 Å². The van der Waals surface area contributed by atoms with E-state index in [2.05, 4.69) is 21.8 Å². The molecular formula is C18H19FN4O. The minimum Gasteiger partial charge on any atom is -0.369 e. The smallest absolute Gasteiger partial charge is 0.266 e. The van der Waals surface area contributed by atoms with Crippen molar-refractivity contribution in [1.29, 1.82) is 5.26 Å². The lowest BCUT2D eigenvalue weighted by Crippen LogP contribution is -2.44. The highest BCUT2D eigenvalue weighted by Gasteiger charge is 2.18. The molecule has 1 aromatic carbocycles. The quantitative estimate of drug-likeness (QED) is 0.918. The normalized spacial score (nSPS) is 15.3. The molecule has 0 atom stereocenters. The number of H-pyrrole nitrogens is 1. The average Bonchev–Trinajstić information content (AvgIpc) is 2.55. The average molecular weight is 326 g/mol. The summed E-state index contributed by atoms with van der Waals surface area (Å²) in [6.45, 7) is 5.29. The van der Waals surface area contributed by atoms with Crippen LogP contribution in [0.2, 0.25) is 0 Å². The van der Waals surface area contributed by atoms with Gasteiger partial charge < -0.3 is 14.8 Å². The Morgan fingerprint density at radius 1 is 1.17 bits per heavy atom. The molecule has 2 heterocycles. The summed E-state index contributed by atoms with van der Waals surface area (Å²) in [4.78, 5) is 18.9. The molecule has 0 saturated carbocycles. The number of aryl methyl sites for hydroxylation is 1. The van der Waals surface area contributed by atoms with Gasteiger partial charge in [0.1, 0.15) is 17.4 Å². The molecule has 0 amide bonds. The monoisotopic (exact) mass is 326 g/mol. The van der Waals surface area contributed by atoms with Gasteiger partial charge >= 0.3 is 0 Å². The first-order chi connectivity index (χ1) is 11.5. The first-order valence-corrected chi connectivity index (χ1v) is 7.87. The highest BCUT2D eigenvalue weighted by Crippen LogP contribution is 2.28. The highest BCUT2D eigenvalue weighted by atomic mass is 19.1. The van der Waals surface area contributed by atoms with Crippen LogP contribution in [0.25, 0.3) is 11.1 Å². The second kappa shape index (κ2) is 6.46. The van der Waals surface area contributed by atoms with Crippen LogP contribution in [0.15, 0.2) is 29.1 Å². The number of nitrogens with one attached hydrogen (secondary N) is 1. The number of piperazine rings is 1. The molecule has 1 aromatic heterocycles. The topological polar surface area (TPSA) is 63.1 Å². The van der Waals surface area contributed by atoms with Crippen LogP contribution in [-0.4, -0.2) is 43.1 Å². The molecule has 0 bridgehead atoms. The molecule has 1 saturated heterocycles. The minimum atomic E-state index is -0.491. The summed E-state index contributed by atoms with van der Waals surface area (Å²) in [6, 6.07) is 8.49. The number of aromatic nitrogens is 1. The first-order valence-electron chi connectivity index (χ1n) is 7.87. The van der Waals surface area contributed by atoms with E-state index < -0.39 is 11.4 Å². The molecule has 6 heteroatoms. The Morgan fingerprint density at radius 2 is 1.88 bits per heavy atom. The fourth-order valence-corrected chi connectivity index (χ4v) is 3.00. The number of halogens is 1. The fourth-order valence-electron chi connectivity index (χ4n) is 3.00. The zero-order chi connectivity index (χ0) is 17.3. The predicted molar refractivity (Wildman–Crippen MR) is 91.6 cm³/mol. The molecule has 3 rings (SSSR count). The Balaban J connectivity index is 2.00. The molecule has 1 aliphatic rings. The highest BCUT2D eigenvalue weighted by molar-refractivity contribution is 5.72. The second-order valence-corrected chi connectivity index (χ2v) is 6.14. The van der Waals surface area contributed by atoms with E-state index in [0.717, 1.165) is 31.9 Å². The summed E-state index contributed by atoms with van der Waals surface area (Å²) in [7, 11) is 2.07. The van der Waals surface area contributed by atoms with Crippen molar-refractivity contribution >= 4 is 5.69 Å². The maximum Gasteiger partial charge on any atom is 0.266 e. The summed E-state index contributed by atoms with van der Waals surface area (Å²) in [6.07, 6.45) is 0. The van der Waals surface area contributed by atoms with Crippen molar-refractivity contribution in [3.05, 3.63) is 51.7 Å². The lowest BCUT2D eigenvalue weighted by Gasteiger charge is -2.34. The summed E-state index contributed by atoms with van der Waals surface area (Å²) < 4.78 is 14.7.